The van der Waals surface area contributed by atoms with Crippen LogP contribution < -0.4 is 10.6 Å². The van der Waals surface area contributed by atoms with E-state index in [-0.39, 0.29) is 23.3 Å². The number of carbonyl (C=O) groups excluding carboxylic acids is 3. The van der Waals surface area contributed by atoms with Gasteiger partial charge in [-0.25, -0.2) is 0 Å². The SMILES string of the molecule is CNC(C)(C)C/C=C/C(=O)N(C)C(Cc1ccc(-c2ccccc2)cc1)C(=O)N(C)C(Cc1cccs1)C(=O)NCCC1CCCN1C. The topological polar surface area (TPSA) is 85.0 Å². The standard InChI is InChI=1S/C39H53N5O3S/c1-39(2,40-3)23-10-17-36(45)43(5)35(27-29-18-20-31(21-19-29)30-13-8-7-9-14-30)38(47)44(6)34(28-33-16-12-26-48-33)37(46)41-24-22-32-15-11-25-42(32)4/h7-10,12-14,16-21,26,32,34-35,40H,11,15,22-25,27-28H2,1-6H3,(H,41,46)/b17-10+. The Morgan fingerprint density at radius 2 is 1.67 bits per heavy atom. The molecule has 0 bridgehead atoms. The van der Waals surface area contributed by atoms with Crippen LogP contribution in [0.15, 0.2) is 84.3 Å². The molecule has 1 aromatic heterocycles. The van der Waals surface area contributed by atoms with E-state index in [0.717, 1.165) is 41.0 Å². The van der Waals surface area contributed by atoms with Crippen molar-refractivity contribution >= 4 is 29.1 Å². The third-order valence-corrected chi connectivity index (χ3v) is 10.6. The molecule has 1 aliphatic rings. The predicted octanol–water partition coefficient (Wildman–Crippen LogP) is 5.40. The van der Waals surface area contributed by atoms with E-state index >= 15 is 0 Å². The number of rotatable bonds is 16. The van der Waals surface area contributed by atoms with Crippen molar-refractivity contribution < 1.29 is 14.4 Å². The molecule has 1 fully saturated rings. The normalized spacial score (nSPS) is 16.5. The van der Waals surface area contributed by atoms with E-state index in [9.17, 15) is 14.4 Å². The Bertz CT molecular complexity index is 1490. The zero-order valence-electron chi connectivity index (χ0n) is 29.4. The molecule has 0 aliphatic carbocycles. The molecule has 0 radical (unpaired) electrons. The fourth-order valence-corrected chi connectivity index (χ4v) is 6.89. The third-order valence-electron chi connectivity index (χ3n) is 9.70. The minimum absolute atomic E-state index is 0.166. The predicted molar refractivity (Wildman–Crippen MR) is 197 cm³/mol. The van der Waals surface area contributed by atoms with Crippen molar-refractivity contribution in [1.82, 2.24) is 25.3 Å². The van der Waals surface area contributed by atoms with E-state index in [0.29, 0.717) is 31.8 Å². The van der Waals surface area contributed by atoms with Crippen molar-refractivity contribution in [3.8, 4) is 11.1 Å². The van der Waals surface area contributed by atoms with Crippen molar-refractivity contribution in [2.45, 2.75) is 76.0 Å². The Hall–Kier alpha value is -3.79. The number of nitrogens with zero attached hydrogens (tertiary/aromatic N) is 3. The molecule has 258 valence electrons. The molecule has 0 saturated carbocycles. The van der Waals surface area contributed by atoms with Crippen LogP contribution in [0.5, 0.6) is 0 Å². The molecule has 2 aromatic carbocycles. The molecule has 0 spiro atoms. The monoisotopic (exact) mass is 671 g/mol. The van der Waals surface area contributed by atoms with Gasteiger partial charge in [-0.1, -0.05) is 66.7 Å². The molecular weight excluding hydrogens is 619 g/mol. The van der Waals surface area contributed by atoms with Crippen LogP contribution >= 0.6 is 11.3 Å². The van der Waals surface area contributed by atoms with E-state index in [1.165, 1.54) is 11.3 Å². The highest BCUT2D eigenvalue weighted by atomic mass is 32.1. The number of amides is 3. The largest absolute Gasteiger partial charge is 0.354 e. The molecule has 8 nitrogen and oxygen atoms in total. The zero-order valence-corrected chi connectivity index (χ0v) is 30.3. The zero-order chi connectivity index (χ0) is 34.7. The van der Waals surface area contributed by atoms with Crippen LogP contribution in [0.3, 0.4) is 0 Å². The Morgan fingerprint density at radius 3 is 2.29 bits per heavy atom. The summed E-state index contributed by atoms with van der Waals surface area (Å²) in [5, 5.41) is 8.37. The number of nitrogens with one attached hydrogen (secondary N) is 2. The summed E-state index contributed by atoms with van der Waals surface area (Å²) in [4.78, 5) is 48.2. The molecule has 3 amide bonds. The molecule has 48 heavy (non-hydrogen) atoms. The lowest BCUT2D eigenvalue weighted by Gasteiger charge is -2.34. The smallest absolute Gasteiger partial charge is 0.246 e. The Labute approximate surface area is 291 Å². The third kappa shape index (κ3) is 10.4. The number of likely N-dealkylation sites (tertiary alicyclic amines) is 1. The fraction of sp³-hybridized carbons (Fsp3) is 0.462. The summed E-state index contributed by atoms with van der Waals surface area (Å²) in [5.41, 5.74) is 2.96. The summed E-state index contributed by atoms with van der Waals surface area (Å²) >= 11 is 1.57. The molecule has 1 aliphatic heterocycles. The Kier molecular flexibility index (Phi) is 13.6. The Balaban J connectivity index is 1.56. The molecule has 2 N–H and O–H groups in total. The second kappa shape index (κ2) is 17.6. The van der Waals surface area contributed by atoms with E-state index in [2.05, 4.69) is 48.6 Å². The summed E-state index contributed by atoms with van der Waals surface area (Å²) in [6.07, 6.45) is 7.97. The average molecular weight is 672 g/mol. The van der Waals surface area contributed by atoms with Crippen LogP contribution in [0, 0.1) is 0 Å². The van der Waals surface area contributed by atoms with Gasteiger partial charge in [0.15, 0.2) is 0 Å². The van der Waals surface area contributed by atoms with Crippen molar-refractivity contribution in [1.29, 1.82) is 0 Å². The highest BCUT2D eigenvalue weighted by molar-refractivity contribution is 7.09. The van der Waals surface area contributed by atoms with Crippen LogP contribution in [0.1, 0.15) is 50.0 Å². The lowest BCUT2D eigenvalue weighted by molar-refractivity contribution is -0.146. The minimum Gasteiger partial charge on any atom is -0.354 e. The first-order chi connectivity index (χ1) is 23.0. The lowest BCUT2D eigenvalue weighted by atomic mass is 9.98. The maximum atomic E-state index is 14.5. The minimum atomic E-state index is -0.808. The van der Waals surface area contributed by atoms with Crippen LogP contribution in [0.4, 0.5) is 0 Å². The average Bonchev–Trinajstić information content (AvgIpc) is 3.77. The van der Waals surface area contributed by atoms with E-state index in [1.54, 1.807) is 36.4 Å². The van der Waals surface area contributed by atoms with Gasteiger partial charge in [0.1, 0.15) is 12.1 Å². The first-order valence-electron chi connectivity index (χ1n) is 17.0. The summed E-state index contributed by atoms with van der Waals surface area (Å²) in [7, 11) is 7.40. The fourth-order valence-electron chi connectivity index (χ4n) is 6.14. The second-order valence-electron chi connectivity index (χ2n) is 13.6. The number of benzene rings is 2. The highest BCUT2D eigenvalue weighted by Crippen LogP contribution is 2.22. The first-order valence-corrected chi connectivity index (χ1v) is 17.9. The molecule has 2 heterocycles. The van der Waals surface area contributed by atoms with Gasteiger partial charge in [0, 0.05) is 49.9 Å². The van der Waals surface area contributed by atoms with E-state index in [4.69, 9.17) is 0 Å². The second-order valence-corrected chi connectivity index (χ2v) is 14.6. The van der Waals surface area contributed by atoms with E-state index < -0.39 is 12.1 Å². The Morgan fingerprint density at radius 1 is 0.958 bits per heavy atom. The van der Waals surface area contributed by atoms with Gasteiger partial charge in [0.2, 0.25) is 17.7 Å². The number of carbonyl (C=O) groups is 3. The van der Waals surface area contributed by atoms with Crippen LogP contribution in [-0.4, -0.2) is 97.4 Å². The van der Waals surface area contributed by atoms with Gasteiger partial charge in [0.25, 0.3) is 0 Å². The summed E-state index contributed by atoms with van der Waals surface area (Å²) in [6, 6.07) is 21.2. The molecule has 3 atom stereocenters. The van der Waals surface area contributed by atoms with Gasteiger partial charge >= 0.3 is 0 Å². The highest BCUT2D eigenvalue weighted by Gasteiger charge is 2.35. The van der Waals surface area contributed by atoms with Crippen molar-refractivity contribution in [2.75, 3.05) is 41.3 Å². The van der Waals surface area contributed by atoms with Crippen molar-refractivity contribution in [3.63, 3.8) is 0 Å². The number of hydrogen-bond donors (Lipinski definition) is 2. The van der Waals surface area contributed by atoms with Gasteiger partial charge in [-0.15, -0.1) is 11.3 Å². The van der Waals surface area contributed by atoms with Crippen LogP contribution in [0.25, 0.3) is 11.1 Å². The van der Waals surface area contributed by atoms with Crippen molar-refractivity contribution in [3.05, 3.63) is 94.7 Å². The van der Waals surface area contributed by atoms with Gasteiger partial charge in [-0.3, -0.25) is 14.4 Å². The summed E-state index contributed by atoms with van der Waals surface area (Å²) < 4.78 is 0. The lowest BCUT2D eigenvalue weighted by Crippen LogP contribution is -2.56. The molecule has 3 aromatic rings. The summed E-state index contributed by atoms with van der Waals surface area (Å²) in [5.74, 6) is -0.697. The van der Waals surface area contributed by atoms with E-state index in [1.807, 2.05) is 73.1 Å². The quantitative estimate of drug-likeness (QED) is 0.200. The molecular formula is C39H53N5O3S. The van der Waals surface area contributed by atoms with Gasteiger partial charge < -0.3 is 25.3 Å². The first kappa shape index (κ1) is 37.0. The number of thiophene rings is 1. The van der Waals surface area contributed by atoms with Crippen LogP contribution in [0.2, 0.25) is 0 Å². The van der Waals surface area contributed by atoms with Gasteiger partial charge in [-0.05, 0) is 94.4 Å². The molecule has 4 rings (SSSR count). The van der Waals surface area contributed by atoms with Crippen molar-refractivity contribution in [2.24, 2.45) is 0 Å². The summed E-state index contributed by atoms with van der Waals surface area (Å²) in [6.45, 7) is 5.77. The van der Waals surface area contributed by atoms with Crippen LogP contribution in [-0.2, 0) is 27.2 Å². The maximum absolute atomic E-state index is 14.5. The molecule has 3 unspecified atom stereocenters. The molecule has 1 saturated heterocycles. The number of likely N-dealkylation sites (N-methyl/N-ethyl adjacent to an activating group) is 2. The maximum Gasteiger partial charge on any atom is 0.246 e. The molecule has 9 heteroatoms. The van der Waals surface area contributed by atoms with Gasteiger partial charge in [0.05, 0.1) is 0 Å². The number of hydrogen-bond acceptors (Lipinski definition) is 6. The van der Waals surface area contributed by atoms with Gasteiger partial charge in [-0.2, -0.15) is 0 Å².